The highest BCUT2D eigenvalue weighted by atomic mass is 32.2. The average Bonchev–Trinajstić information content (AvgIpc) is 2.28. The molecule has 3 nitrogen and oxygen atoms in total. The zero-order chi connectivity index (χ0) is 12.0. The van der Waals surface area contributed by atoms with Gasteiger partial charge in [-0.05, 0) is 30.9 Å². The van der Waals surface area contributed by atoms with E-state index in [1.807, 2.05) is 11.8 Å². The molecular formula is C12H23NO2S. The van der Waals surface area contributed by atoms with Crippen LogP contribution in [-0.2, 0) is 9.53 Å². The third-order valence-electron chi connectivity index (χ3n) is 3.17. The van der Waals surface area contributed by atoms with Crippen molar-refractivity contribution in [2.45, 2.75) is 50.3 Å². The lowest BCUT2D eigenvalue weighted by molar-refractivity contribution is -0.142. The van der Waals surface area contributed by atoms with Crippen LogP contribution in [-0.4, -0.2) is 30.1 Å². The molecule has 1 aliphatic carbocycles. The molecule has 3 atom stereocenters. The number of carbonyl (C=O) groups is 1. The largest absolute Gasteiger partial charge is 0.468 e. The Kier molecular flexibility index (Phi) is 6.21. The maximum Gasteiger partial charge on any atom is 0.322 e. The first-order valence-corrected chi connectivity index (χ1v) is 7.13. The molecule has 1 saturated carbocycles. The molecule has 4 heteroatoms. The highest BCUT2D eigenvalue weighted by molar-refractivity contribution is 7.99. The molecule has 0 aromatic heterocycles. The fraction of sp³-hybridized carbons (Fsp3) is 0.917. The Morgan fingerprint density at radius 2 is 2.31 bits per heavy atom. The van der Waals surface area contributed by atoms with Gasteiger partial charge in [-0.2, -0.15) is 11.8 Å². The van der Waals surface area contributed by atoms with Gasteiger partial charge in [0.1, 0.15) is 6.04 Å². The summed E-state index contributed by atoms with van der Waals surface area (Å²) in [6.45, 7) is 2.33. The van der Waals surface area contributed by atoms with Gasteiger partial charge < -0.3 is 10.5 Å². The molecule has 16 heavy (non-hydrogen) atoms. The third kappa shape index (κ3) is 4.74. The Hall–Kier alpha value is -0.220. The maximum atomic E-state index is 11.1. The fourth-order valence-electron chi connectivity index (χ4n) is 2.16. The number of carbonyl (C=O) groups excluding carboxylic acids is 1. The van der Waals surface area contributed by atoms with Crippen LogP contribution < -0.4 is 5.73 Å². The number of nitrogens with two attached hydrogens (primary N) is 1. The van der Waals surface area contributed by atoms with Gasteiger partial charge in [-0.3, -0.25) is 4.79 Å². The molecule has 0 spiro atoms. The minimum atomic E-state index is -0.446. The summed E-state index contributed by atoms with van der Waals surface area (Å²) in [5, 5.41) is 0.772. The summed E-state index contributed by atoms with van der Waals surface area (Å²) >= 11 is 1.97. The predicted octanol–water partition coefficient (Wildman–Crippen LogP) is 2.19. The van der Waals surface area contributed by atoms with Crippen LogP contribution in [0.3, 0.4) is 0 Å². The van der Waals surface area contributed by atoms with Crippen molar-refractivity contribution < 1.29 is 9.53 Å². The smallest absolute Gasteiger partial charge is 0.322 e. The number of esters is 1. The van der Waals surface area contributed by atoms with Crippen LogP contribution in [0.5, 0.6) is 0 Å². The molecule has 0 aliphatic heterocycles. The van der Waals surface area contributed by atoms with E-state index in [1.165, 1.54) is 32.8 Å². The van der Waals surface area contributed by atoms with E-state index in [2.05, 4.69) is 11.7 Å². The normalized spacial score (nSPS) is 27.4. The first-order valence-electron chi connectivity index (χ1n) is 6.08. The van der Waals surface area contributed by atoms with Gasteiger partial charge in [0.25, 0.3) is 0 Å². The number of rotatable bonds is 5. The van der Waals surface area contributed by atoms with Crippen molar-refractivity contribution in [3.05, 3.63) is 0 Å². The van der Waals surface area contributed by atoms with Gasteiger partial charge in [0.05, 0.1) is 7.11 Å². The summed E-state index contributed by atoms with van der Waals surface area (Å²) in [6.07, 6.45) is 6.09. The van der Waals surface area contributed by atoms with E-state index < -0.39 is 6.04 Å². The van der Waals surface area contributed by atoms with Gasteiger partial charge in [-0.25, -0.2) is 0 Å². The van der Waals surface area contributed by atoms with E-state index in [-0.39, 0.29) is 5.97 Å². The zero-order valence-corrected chi connectivity index (χ0v) is 11.1. The van der Waals surface area contributed by atoms with Crippen LogP contribution in [0.2, 0.25) is 0 Å². The number of ether oxygens (including phenoxy) is 1. The molecule has 0 saturated heterocycles. The van der Waals surface area contributed by atoms with Gasteiger partial charge in [0, 0.05) is 5.25 Å². The molecule has 0 aromatic carbocycles. The summed E-state index contributed by atoms with van der Waals surface area (Å²) in [7, 11) is 1.39. The number of methoxy groups -OCH3 is 1. The average molecular weight is 245 g/mol. The second-order valence-electron chi connectivity index (χ2n) is 4.68. The molecule has 0 bridgehead atoms. The third-order valence-corrected chi connectivity index (χ3v) is 4.55. The molecule has 1 rings (SSSR count). The standard InChI is InChI=1S/C12H23NO2S/c1-9-4-3-5-10(8-9)16-7-6-11(13)12(14)15-2/h9-11H,3-8,13H2,1-2H3. The molecule has 3 unspecified atom stereocenters. The number of hydrogen-bond acceptors (Lipinski definition) is 4. The highest BCUT2D eigenvalue weighted by Crippen LogP contribution is 2.32. The Morgan fingerprint density at radius 1 is 1.56 bits per heavy atom. The second kappa shape index (κ2) is 7.17. The lowest BCUT2D eigenvalue weighted by atomic mass is 9.91. The summed E-state index contributed by atoms with van der Waals surface area (Å²) in [5.74, 6) is 1.53. The predicted molar refractivity (Wildman–Crippen MR) is 68.5 cm³/mol. The Balaban J connectivity index is 2.12. The quantitative estimate of drug-likeness (QED) is 0.754. The molecule has 0 radical (unpaired) electrons. The second-order valence-corrected chi connectivity index (χ2v) is 6.09. The molecule has 94 valence electrons. The van der Waals surface area contributed by atoms with Crippen LogP contribution in [0.1, 0.15) is 39.0 Å². The van der Waals surface area contributed by atoms with Crippen molar-refractivity contribution in [2.75, 3.05) is 12.9 Å². The van der Waals surface area contributed by atoms with E-state index in [0.29, 0.717) is 0 Å². The summed E-state index contributed by atoms with van der Waals surface area (Å²) < 4.78 is 4.60. The minimum Gasteiger partial charge on any atom is -0.468 e. The lowest BCUT2D eigenvalue weighted by Gasteiger charge is -2.26. The van der Waals surface area contributed by atoms with E-state index >= 15 is 0 Å². The first-order chi connectivity index (χ1) is 7.63. The number of thioether (sulfide) groups is 1. The molecule has 0 aromatic rings. The molecule has 1 aliphatic rings. The summed E-state index contributed by atoms with van der Waals surface area (Å²) in [4.78, 5) is 11.1. The monoisotopic (exact) mass is 245 g/mol. The topological polar surface area (TPSA) is 52.3 Å². The van der Waals surface area contributed by atoms with Gasteiger partial charge >= 0.3 is 5.97 Å². The van der Waals surface area contributed by atoms with Crippen molar-refractivity contribution in [1.29, 1.82) is 0 Å². The van der Waals surface area contributed by atoms with E-state index in [4.69, 9.17) is 5.73 Å². The zero-order valence-electron chi connectivity index (χ0n) is 10.3. The van der Waals surface area contributed by atoms with E-state index in [0.717, 1.165) is 23.3 Å². The summed E-state index contributed by atoms with van der Waals surface area (Å²) in [5.41, 5.74) is 5.68. The molecule has 2 N–H and O–H groups in total. The van der Waals surface area contributed by atoms with Crippen molar-refractivity contribution in [1.82, 2.24) is 0 Å². The summed E-state index contributed by atoms with van der Waals surface area (Å²) in [6, 6.07) is -0.446. The first kappa shape index (κ1) is 13.8. The fourth-order valence-corrected chi connectivity index (χ4v) is 3.68. The van der Waals surface area contributed by atoms with Gasteiger partial charge in [-0.15, -0.1) is 0 Å². The van der Waals surface area contributed by atoms with Crippen molar-refractivity contribution >= 4 is 17.7 Å². The van der Waals surface area contributed by atoms with Gasteiger partial charge in [-0.1, -0.05) is 19.8 Å². The molecular weight excluding hydrogens is 222 g/mol. The van der Waals surface area contributed by atoms with Crippen LogP contribution in [0, 0.1) is 5.92 Å². The van der Waals surface area contributed by atoms with Crippen LogP contribution in [0.4, 0.5) is 0 Å². The Labute approximate surface area is 102 Å². The van der Waals surface area contributed by atoms with Crippen LogP contribution in [0.15, 0.2) is 0 Å². The van der Waals surface area contributed by atoms with E-state index in [9.17, 15) is 4.79 Å². The Morgan fingerprint density at radius 3 is 2.94 bits per heavy atom. The highest BCUT2D eigenvalue weighted by Gasteiger charge is 2.20. The van der Waals surface area contributed by atoms with Crippen molar-refractivity contribution in [3.63, 3.8) is 0 Å². The Bertz CT molecular complexity index is 223. The van der Waals surface area contributed by atoms with Crippen LogP contribution >= 0.6 is 11.8 Å². The number of hydrogen-bond donors (Lipinski definition) is 1. The van der Waals surface area contributed by atoms with Gasteiger partial charge in [0.15, 0.2) is 0 Å². The van der Waals surface area contributed by atoms with Crippen LogP contribution in [0.25, 0.3) is 0 Å². The molecule has 0 heterocycles. The minimum absolute atomic E-state index is 0.294. The maximum absolute atomic E-state index is 11.1. The van der Waals surface area contributed by atoms with E-state index in [1.54, 1.807) is 0 Å². The van der Waals surface area contributed by atoms with Crippen molar-refractivity contribution in [2.24, 2.45) is 11.7 Å². The molecule has 1 fully saturated rings. The molecule has 0 amide bonds. The SMILES string of the molecule is COC(=O)C(N)CCSC1CCCC(C)C1. The van der Waals surface area contributed by atoms with Crippen molar-refractivity contribution in [3.8, 4) is 0 Å². The lowest BCUT2D eigenvalue weighted by Crippen LogP contribution is -2.32. The van der Waals surface area contributed by atoms with Gasteiger partial charge in [0.2, 0.25) is 0 Å².